The van der Waals surface area contributed by atoms with E-state index in [0.29, 0.717) is 6.42 Å². The van der Waals surface area contributed by atoms with Gasteiger partial charge in [-0.2, -0.15) is 0 Å². The van der Waals surface area contributed by atoms with Crippen LogP contribution in [0, 0.1) is 0 Å². The first-order chi connectivity index (χ1) is 6.77. The summed E-state index contributed by atoms with van der Waals surface area (Å²) in [6.07, 6.45) is 6.33. The van der Waals surface area contributed by atoms with Gasteiger partial charge in [-0.25, -0.2) is 4.57 Å². The highest BCUT2D eigenvalue weighted by Gasteiger charge is 2.28. The first kappa shape index (κ1) is 15.1. The molecule has 0 fully saturated rings. The normalized spacial score (nSPS) is 13.1. The first-order valence-electron chi connectivity index (χ1n) is 5.53. The molecule has 0 amide bonds. The Morgan fingerprint density at radius 1 is 1.13 bits per heavy atom. The van der Waals surface area contributed by atoms with Gasteiger partial charge in [-0.15, -0.1) is 0 Å². The fourth-order valence-corrected chi connectivity index (χ4v) is 2.26. The maximum Gasteiger partial charge on any atom is 0.470 e. The summed E-state index contributed by atoms with van der Waals surface area (Å²) in [7, 11) is -4.35. The summed E-state index contributed by atoms with van der Waals surface area (Å²) < 4.78 is 15.4. The molecule has 0 aromatic carbocycles. The van der Waals surface area contributed by atoms with Gasteiger partial charge in [0.25, 0.3) is 0 Å². The molecule has 0 aliphatic heterocycles. The minimum atomic E-state index is -4.35. The molecule has 0 aliphatic rings. The van der Waals surface area contributed by atoms with Crippen LogP contribution in [-0.4, -0.2) is 15.4 Å². The van der Waals surface area contributed by atoms with Crippen molar-refractivity contribution in [3.63, 3.8) is 0 Å². The summed E-state index contributed by atoms with van der Waals surface area (Å²) in [6.45, 7) is 5.58. The van der Waals surface area contributed by atoms with E-state index < -0.39 is 13.4 Å². The molecule has 92 valence electrons. The van der Waals surface area contributed by atoms with Gasteiger partial charge in [0.05, 0.1) is 5.60 Å². The van der Waals surface area contributed by atoms with Crippen molar-refractivity contribution in [2.75, 3.05) is 0 Å². The standard InChI is InChI=1S/C10H23O4P/c1-4-5-6-7-8-9-10(2,3)14-15(11,12)13/h4-9H2,1-3H3,(H2,11,12,13). The average Bonchev–Trinajstić information content (AvgIpc) is 1.99. The molecule has 0 atom stereocenters. The Hall–Kier alpha value is 0.110. The van der Waals surface area contributed by atoms with E-state index in [2.05, 4.69) is 6.92 Å². The van der Waals surface area contributed by atoms with Gasteiger partial charge in [0.1, 0.15) is 0 Å². The third kappa shape index (κ3) is 10.4. The number of rotatable bonds is 8. The topological polar surface area (TPSA) is 66.8 Å². The zero-order chi connectivity index (χ0) is 11.9. The molecule has 0 unspecified atom stereocenters. The van der Waals surface area contributed by atoms with Crippen LogP contribution in [0.5, 0.6) is 0 Å². The lowest BCUT2D eigenvalue weighted by Gasteiger charge is -2.25. The Balaban J connectivity index is 3.70. The molecule has 0 saturated carbocycles. The van der Waals surface area contributed by atoms with Crippen molar-refractivity contribution in [3.05, 3.63) is 0 Å². The van der Waals surface area contributed by atoms with E-state index in [4.69, 9.17) is 14.3 Å². The third-order valence-electron chi connectivity index (χ3n) is 2.25. The second kappa shape index (κ2) is 6.64. The smallest absolute Gasteiger partial charge is 0.303 e. The fraction of sp³-hybridized carbons (Fsp3) is 1.00. The Bertz CT molecular complexity index is 209. The quantitative estimate of drug-likeness (QED) is 0.503. The predicted octanol–water partition coefficient (Wildman–Crippen LogP) is 3.23. The van der Waals surface area contributed by atoms with Gasteiger partial charge in [0, 0.05) is 0 Å². The molecule has 5 heteroatoms. The van der Waals surface area contributed by atoms with Crippen molar-refractivity contribution >= 4 is 7.82 Å². The van der Waals surface area contributed by atoms with E-state index in [1.54, 1.807) is 13.8 Å². The summed E-state index contributed by atoms with van der Waals surface area (Å²) in [6, 6.07) is 0. The number of unbranched alkanes of at least 4 members (excludes halogenated alkanes) is 4. The Kier molecular flexibility index (Phi) is 6.69. The molecule has 2 N–H and O–H groups in total. The van der Waals surface area contributed by atoms with Crippen molar-refractivity contribution in [2.24, 2.45) is 0 Å². The van der Waals surface area contributed by atoms with Gasteiger partial charge in [-0.1, -0.05) is 39.0 Å². The maximum atomic E-state index is 10.7. The van der Waals surface area contributed by atoms with E-state index in [0.717, 1.165) is 12.8 Å². The van der Waals surface area contributed by atoms with Crippen LogP contribution in [0.1, 0.15) is 59.3 Å². The van der Waals surface area contributed by atoms with E-state index >= 15 is 0 Å². The summed E-state index contributed by atoms with van der Waals surface area (Å²) >= 11 is 0. The lowest BCUT2D eigenvalue weighted by atomic mass is 10.0. The van der Waals surface area contributed by atoms with Crippen molar-refractivity contribution in [1.29, 1.82) is 0 Å². The SMILES string of the molecule is CCCCCCCC(C)(C)OP(=O)(O)O. The molecule has 15 heavy (non-hydrogen) atoms. The van der Waals surface area contributed by atoms with Crippen LogP contribution in [0.4, 0.5) is 0 Å². The minimum absolute atomic E-state index is 0.682. The molecule has 0 spiro atoms. The number of hydrogen-bond donors (Lipinski definition) is 2. The van der Waals surface area contributed by atoms with E-state index in [1.807, 2.05) is 0 Å². The Labute approximate surface area is 92.3 Å². The van der Waals surface area contributed by atoms with Crippen LogP contribution in [-0.2, 0) is 9.09 Å². The molecule has 0 aliphatic carbocycles. The van der Waals surface area contributed by atoms with Crippen LogP contribution in [0.25, 0.3) is 0 Å². The molecule has 0 saturated heterocycles. The van der Waals surface area contributed by atoms with Crippen molar-refractivity contribution in [3.8, 4) is 0 Å². The third-order valence-corrected chi connectivity index (χ3v) is 2.98. The molecule has 0 bridgehead atoms. The van der Waals surface area contributed by atoms with Gasteiger partial charge >= 0.3 is 7.82 Å². The van der Waals surface area contributed by atoms with E-state index in [-0.39, 0.29) is 0 Å². The number of phosphoric acid groups is 1. The molecule has 0 aromatic rings. The monoisotopic (exact) mass is 238 g/mol. The summed E-state index contributed by atoms with van der Waals surface area (Å²) in [5.41, 5.74) is -0.731. The fourth-order valence-electron chi connectivity index (χ4n) is 1.52. The van der Waals surface area contributed by atoms with Crippen LogP contribution in [0.3, 0.4) is 0 Å². The second-order valence-electron chi connectivity index (χ2n) is 4.51. The number of phosphoric ester groups is 1. The second-order valence-corrected chi connectivity index (χ2v) is 5.67. The van der Waals surface area contributed by atoms with Gasteiger partial charge in [0.2, 0.25) is 0 Å². The molecule has 0 radical (unpaired) electrons. The highest BCUT2D eigenvalue weighted by molar-refractivity contribution is 7.46. The highest BCUT2D eigenvalue weighted by Crippen LogP contribution is 2.42. The Morgan fingerprint density at radius 2 is 1.67 bits per heavy atom. The van der Waals surface area contributed by atoms with Crippen molar-refractivity contribution in [2.45, 2.75) is 64.9 Å². The van der Waals surface area contributed by atoms with Crippen LogP contribution in [0.2, 0.25) is 0 Å². The summed E-state index contributed by atoms with van der Waals surface area (Å²) in [4.78, 5) is 17.4. The highest BCUT2D eigenvalue weighted by atomic mass is 31.2. The minimum Gasteiger partial charge on any atom is -0.303 e. The van der Waals surface area contributed by atoms with Gasteiger partial charge in [0.15, 0.2) is 0 Å². The molecular weight excluding hydrogens is 215 g/mol. The van der Waals surface area contributed by atoms with Crippen LogP contribution in [0.15, 0.2) is 0 Å². The van der Waals surface area contributed by atoms with Crippen LogP contribution >= 0.6 is 7.82 Å². The Morgan fingerprint density at radius 3 is 2.13 bits per heavy atom. The summed E-state index contributed by atoms with van der Waals surface area (Å²) in [5.74, 6) is 0. The molecule has 4 nitrogen and oxygen atoms in total. The molecule has 0 heterocycles. The van der Waals surface area contributed by atoms with Crippen LogP contribution < -0.4 is 0 Å². The van der Waals surface area contributed by atoms with Gasteiger partial charge in [-0.05, 0) is 20.3 Å². The largest absolute Gasteiger partial charge is 0.470 e. The first-order valence-corrected chi connectivity index (χ1v) is 7.06. The average molecular weight is 238 g/mol. The molecular formula is C10H23O4P. The van der Waals surface area contributed by atoms with Gasteiger partial charge in [-0.3, -0.25) is 4.52 Å². The van der Waals surface area contributed by atoms with E-state index in [9.17, 15) is 4.57 Å². The molecule has 0 aromatic heterocycles. The number of hydrogen-bond acceptors (Lipinski definition) is 2. The maximum absolute atomic E-state index is 10.7. The summed E-state index contributed by atoms with van der Waals surface area (Å²) in [5, 5.41) is 0. The molecule has 0 rings (SSSR count). The zero-order valence-corrected chi connectivity index (χ0v) is 10.8. The lowest BCUT2D eigenvalue weighted by molar-refractivity contribution is 0.0557. The van der Waals surface area contributed by atoms with Crippen molar-refractivity contribution in [1.82, 2.24) is 0 Å². The van der Waals surface area contributed by atoms with Gasteiger partial charge < -0.3 is 9.79 Å². The zero-order valence-electron chi connectivity index (χ0n) is 9.90. The van der Waals surface area contributed by atoms with E-state index in [1.165, 1.54) is 19.3 Å². The predicted molar refractivity (Wildman–Crippen MR) is 60.6 cm³/mol. The van der Waals surface area contributed by atoms with Crippen molar-refractivity contribution < 1.29 is 18.9 Å². The lowest BCUT2D eigenvalue weighted by Crippen LogP contribution is -2.22.